The summed E-state index contributed by atoms with van der Waals surface area (Å²) in [5.41, 5.74) is 3.79. The molecule has 18 heavy (non-hydrogen) atoms. The third kappa shape index (κ3) is 1.90. The zero-order valence-electron chi connectivity index (χ0n) is 11.2. The van der Waals surface area contributed by atoms with Gasteiger partial charge in [-0.1, -0.05) is 19.4 Å². The van der Waals surface area contributed by atoms with E-state index in [0.717, 1.165) is 30.2 Å². The Morgan fingerprint density at radius 2 is 2.11 bits per heavy atom. The van der Waals surface area contributed by atoms with Crippen molar-refractivity contribution in [2.24, 2.45) is 7.05 Å². The lowest BCUT2D eigenvalue weighted by Gasteiger charge is -2.03. The molecule has 0 amide bonds. The first-order valence-electron chi connectivity index (χ1n) is 6.38. The molecule has 96 valence electrons. The van der Waals surface area contributed by atoms with Gasteiger partial charge >= 0.3 is 5.97 Å². The summed E-state index contributed by atoms with van der Waals surface area (Å²) in [6.07, 6.45) is 3.16. The van der Waals surface area contributed by atoms with E-state index in [1.165, 1.54) is 11.3 Å². The second-order valence-electron chi connectivity index (χ2n) is 4.73. The maximum atomic E-state index is 11.4. The van der Waals surface area contributed by atoms with Gasteiger partial charge in [-0.05, 0) is 37.5 Å². The lowest BCUT2D eigenvalue weighted by atomic mass is 10.0. The van der Waals surface area contributed by atoms with Gasteiger partial charge in [-0.2, -0.15) is 0 Å². The normalized spacial score (nSPS) is 11.1. The second kappa shape index (κ2) is 4.84. The number of fused-ring (bicyclic) bond motifs is 1. The van der Waals surface area contributed by atoms with Crippen molar-refractivity contribution in [3.05, 3.63) is 35.0 Å². The maximum absolute atomic E-state index is 11.4. The third-order valence-corrected chi connectivity index (χ3v) is 3.66. The summed E-state index contributed by atoms with van der Waals surface area (Å²) in [7, 11) is 2.00. The largest absolute Gasteiger partial charge is 0.478 e. The molecule has 0 unspecified atom stereocenters. The van der Waals surface area contributed by atoms with Crippen molar-refractivity contribution < 1.29 is 9.90 Å². The Hall–Kier alpha value is -1.77. The van der Waals surface area contributed by atoms with Crippen molar-refractivity contribution in [2.45, 2.75) is 33.1 Å². The number of rotatable bonds is 4. The molecule has 2 aromatic rings. The highest BCUT2D eigenvalue weighted by Gasteiger charge is 2.17. The Morgan fingerprint density at radius 1 is 1.39 bits per heavy atom. The molecule has 1 aromatic heterocycles. The van der Waals surface area contributed by atoms with E-state index in [9.17, 15) is 9.90 Å². The lowest BCUT2D eigenvalue weighted by Crippen LogP contribution is -1.98. The van der Waals surface area contributed by atoms with Gasteiger partial charge in [0.1, 0.15) is 0 Å². The highest BCUT2D eigenvalue weighted by atomic mass is 16.4. The topological polar surface area (TPSA) is 42.2 Å². The predicted octanol–water partition coefficient (Wildman–Crippen LogP) is 3.53. The number of benzene rings is 1. The molecule has 0 fully saturated rings. The van der Waals surface area contributed by atoms with Crippen molar-refractivity contribution in [1.82, 2.24) is 4.57 Å². The Morgan fingerprint density at radius 3 is 2.72 bits per heavy atom. The molecule has 0 aliphatic heterocycles. The van der Waals surface area contributed by atoms with Crippen LogP contribution in [0.2, 0.25) is 0 Å². The number of aromatic carboxylic acids is 1. The Balaban J connectivity index is 2.74. The summed E-state index contributed by atoms with van der Waals surface area (Å²) in [6, 6.07) is 5.50. The smallest absolute Gasteiger partial charge is 0.336 e. The van der Waals surface area contributed by atoms with Crippen LogP contribution in [0.5, 0.6) is 0 Å². The minimum Gasteiger partial charge on any atom is -0.478 e. The lowest BCUT2D eigenvalue weighted by molar-refractivity contribution is 0.0699. The van der Waals surface area contributed by atoms with Crippen molar-refractivity contribution in [3.8, 4) is 0 Å². The number of carboxylic acid groups (broad SMARTS) is 1. The van der Waals surface area contributed by atoms with E-state index in [1.54, 1.807) is 6.07 Å². The zero-order chi connectivity index (χ0) is 13.3. The quantitative estimate of drug-likeness (QED) is 0.895. The molecular weight excluding hydrogens is 226 g/mol. The van der Waals surface area contributed by atoms with E-state index in [1.807, 2.05) is 19.2 Å². The third-order valence-electron chi connectivity index (χ3n) is 3.66. The molecule has 0 bridgehead atoms. The van der Waals surface area contributed by atoms with Gasteiger partial charge < -0.3 is 9.67 Å². The summed E-state index contributed by atoms with van der Waals surface area (Å²) in [4.78, 5) is 11.4. The fourth-order valence-corrected chi connectivity index (χ4v) is 2.54. The number of carboxylic acids is 1. The minimum atomic E-state index is -0.844. The van der Waals surface area contributed by atoms with Gasteiger partial charge in [0, 0.05) is 23.6 Å². The molecule has 0 aliphatic carbocycles. The average molecular weight is 245 g/mol. The minimum absolute atomic E-state index is 0.419. The van der Waals surface area contributed by atoms with E-state index < -0.39 is 5.97 Å². The summed E-state index contributed by atoms with van der Waals surface area (Å²) in [5, 5.41) is 10.2. The van der Waals surface area contributed by atoms with E-state index in [0.29, 0.717) is 5.56 Å². The first-order valence-corrected chi connectivity index (χ1v) is 6.38. The molecule has 3 heteroatoms. The van der Waals surface area contributed by atoms with Crippen LogP contribution in [-0.4, -0.2) is 15.6 Å². The molecule has 2 rings (SSSR count). The van der Waals surface area contributed by atoms with Gasteiger partial charge in [-0.3, -0.25) is 0 Å². The van der Waals surface area contributed by atoms with Gasteiger partial charge in [-0.25, -0.2) is 4.79 Å². The number of nitrogens with zero attached hydrogens (tertiary/aromatic N) is 1. The van der Waals surface area contributed by atoms with Crippen LogP contribution >= 0.6 is 0 Å². The van der Waals surface area contributed by atoms with Crippen molar-refractivity contribution in [2.75, 3.05) is 0 Å². The highest BCUT2D eigenvalue weighted by molar-refractivity contribution is 6.05. The fourth-order valence-electron chi connectivity index (χ4n) is 2.54. The molecule has 0 aliphatic rings. The zero-order valence-corrected chi connectivity index (χ0v) is 11.2. The van der Waals surface area contributed by atoms with Gasteiger partial charge in [-0.15, -0.1) is 0 Å². The van der Waals surface area contributed by atoms with Crippen LogP contribution in [0.1, 0.15) is 41.4 Å². The van der Waals surface area contributed by atoms with E-state index in [4.69, 9.17) is 0 Å². The number of hydrogen-bond acceptors (Lipinski definition) is 1. The van der Waals surface area contributed by atoms with Crippen LogP contribution in [0.4, 0.5) is 0 Å². The summed E-state index contributed by atoms with van der Waals surface area (Å²) in [5.74, 6) is -0.844. The van der Waals surface area contributed by atoms with Gasteiger partial charge in [0.25, 0.3) is 0 Å². The Kier molecular flexibility index (Phi) is 3.41. The molecule has 0 atom stereocenters. The summed E-state index contributed by atoms with van der Waals surface area (Å²) >= 11 is 0. The van der Waals surface area contributed by atoms with Gasteiger partial charge in [0.2, 0.25) is 0 Å². The van der Waals surface area contributed by atoms with Crippen LogP contribution in [0.3, 0.4) is 0 Å². The number of aryl methyl sites for hydroxylation is 2. The van der Waals surface area contributed by atoms with Gasteiger partial charge in [0.15, 0.2) is 0 Å². The van der Waals surface area contributed by atoms with Crippen molar-refractivity contribution in [1.29, 1.82) is 0 Å². The Bertz CT molecular complexity index is 596. The van der Waals surface area contributed by atoms with Crippen LogP contribution in [0, 0.1) is 6.92 Å². The van der Waals surface area contributed by atoms with Crippen molar-refractivity contribution in [3.63, 3.8) is 0 Å². The average Bonchev–Trinajstić information content (AvgIpc) is 2.60. The molecule has 0 spiro atoms. The number of carbonyl (C=O) groups is 1. The molecule has 0 saturated carbocycles. The monoisotopic (exact) mass is 245 g/mol. The van der Waals surface area contributed by atoms with Crippen molar-refractivity contribution >= 4 is 16.9 Å². The standard InChI is InChI=1S/C15H19NO2/c1-4-5-7-11-10(2)16(3)13-9-6-8-12(14(11)13)15(17)18/h6,8-9H,4-5,7H2,1-3H3,(H,17,18). The van der Waals surface area contributed by atoms with E-state index in [-0.39, 0.29) is 0 Å². The van der Waals surface area contributed by atoms with Crippen LogP contribution in [0.25, 0.3) is 10.9 Å². The summed E-state index contributed by atoms with van der Waals surface area (Å²) in [6.45, 7) is 4.22. The molecule has 1 aromatic carbocycles. The SMILES string of the molecule is CCCCc1c(C)n(C)c2cccc(C(=O)O)c12. The highest BCUT2D eigenvalue weighted by Crippen LogP contribution is 2.29. The molecule has 3 nitrogen and oxygen atoms in total. The molecule has 0 saturated heterocycles. The number of hydrogen-bond donors (Lipinski definition) is 1. The fraction of sp³-hybridized carbons (Fsp3) is 0.400. The number of aromatic nitrogens is 1. The van der Waals surface area contributed by atoms with E-state index >= 15 is 0 Å². The van der Waals surface area contributed by atoms with Gasteiger partial charge in [0.05, 0.1) is 5.56 Å². The molecular formula is C15H19NO2. The first-order chi connectivity index (χ1) is 8.57. The Labute approximate surface area is 107 Å². The summed E-state index contributed by atoms with van der Waals surface area (Å²) < 4.78 is 2.09. The maximum Gasteiger partial charge on any atom is 0.336 e. The second-order valence-corrected chi connectivity index (χ2v) is 4.73. The number of unbranched alkanes of at least 4 members (excludes halogenated alkanes) is 1. The van der Waals surface area contributed by atoms with Crippen LogP contribution < -0.4 is 0 Å². The van der Waals surface area contributed by atoms with Crippen LogP contribution in [0.15, 0.2) is 18.2 Å². The predicted molar refractivity (Wildman–Crippen MR) is 73.2 cm³/mol. The first kappa shape index (κ1) is 12.7. The van der Waals surface area contributed by atoms with E-state index in [2.05, 4.69) is 18.4 Å². The molecule has 0 radical (unpaired) electrons. The molecule has 1 N–H and O–H groups in total. The van der Waals surface area contributed by atoms with Crippen LogP contribution in [-0.2, 0) is 13.5 Å². The molecule has 1 heterocycles.